The number of carbonyl (C=O) groups is 2. The first-order valence-corrected chi connectivity index (χ1v) is 8.03. The number of nitrogens with zero attached hydrogens (tertiary/aromatic N) is 2. The third-order valence-electron chi connectivity index (χ3n) is 3.91. The molecule has 2 saturated heterocycles. The minimum Gasteiger partial charge on any atom is -0.356 e. The van der Waals surface area contributed by atoms with Crippen LogP contribution in [0.25, 0.3) is 0 Å². The second-order valence-corrected chi connectivity index (χ2v) is 7.38. The number of aromatic nitrogens is 1. The molecule has 2 aliphatic rings. The van der Waals surface area contributed by atoms with E-state index in [1.165, 1.54) is 16.6 Å². The third-order valence-corrected chi connectivity index (χ3v) is 5.74. The number of aryl methyl sites for hydroxylation is 1. The van der Waals surface area contributed by atoms with Gasteiger partial charge in [-0.1, -0.05) is 0 Å². The fourth-order valence-corrected chi connectivity index (χ4v) is 4.41. The van der Waals surface area contributed by atoms with E-state index in [0.29, 0.717) is 19.4 Å². The maximum Gasteiger partial charge on any atom is 0.322 e. The van der Waals surface area contributed by atoms with Crippen LogP contribution in [0.15, 0.2) is 23.4 Å². The Morgan fingerprint density at radius 3 is 2.67 bits per heavy atom. The molecule has 2 aliphatic heterocycles. The van der Waals surface area contributed by atoms with Gasteiger partial charge in [-0.25, -0.2) is 13.2 Å². The van der Waals surface area contributed by atoms with E-state index in [1.54, 1.807) is 17.8 Å². The summed E-state index contributed by atoms with van der Waals surface area (Å²) < 4.78 is 28.1. The molecule has 1 spiro atoms. The van der Waals surface area contributed by atoms with Crippen molar-refractivity contribution < 1.29 is 18.0 Å². The van der Waals surface area contributed by atoms with Crippen molar-refractivity contribution >= 4 is 22.0 Å². The minimum atomic E-state index is -3.66. The second-order valence-electron chi connectivity index (χ2n) is 5.45. The fraction of sp³-hybridized carbons (Fsp3) is 0.500. The lowest BCUT2D eigenvalue weighted by atomic mass is 9.90. The van der Waals surface area contributed by atoms with Crippen molar-refractivity contribution in [2.75, 3.05) is 13.1 Å². The quantitative estimate of drug-likeness (QED) is 0.711. The molecule has 0 saturated carbocycles. The van der Waals surface area contributed by atoms with E-state index in [-0.39, 0.29) is 11.4 Å². The number of urea groups is 1. The molecule has 1 atom stereocenters. The maximum atomic E-state index is 12.6. The number of nitrogens with one attached hydrogen (secondary N) is 2. The van der Waals surface area contributed by atoms with Crippen LogP contribution < -0.4 is 10.6 Å². The average Bonchev–Trinajstić information content (AvgIpc) is 2.95. The molecule has 0 radical (unpaired) electrons. The van der Waals surface area contributed by atoms with Crippen LogP contribution in [0.5, 0.6) is 0 Å². The first-order chi connectivity index (χ1) is 9.83. The van der Waals surface area contributed by atoms with E-state index in [4.69, 9.17) is 0 Å². The van der Waals surface area contributed by atoms with Gasteiger partial charge >= 0.3 is 6.03 Å². The predicted octanol–water partition coefficient (Wildman–Crippen LogP) is -0.612. The van der Waals surface area contributed by atoms with Crippen LogP contribution in [0.1, 0.15) is 12.8 Å². The third kappa shape index (κ3) is 2.22. The smallest absolute Gasteiger partial charge is 0.322 e. The Morgan fingerprint density at radius 2 is 2.10 bits per heavy atom. The molecule has 2 fully saturated rings. The normalized spacial score (nSPS) is 26.9. The highest BCUT2D eigenvalue weighted by Crippen LogP contribution is 2.28. The van der Waals surface area contributed by atoms with Gasteiger partial charge in [0, 0.05) is 32.5 Å². The number of hydrogen-bond acceptors (Lipinski definition) is 4. The van der Waals surface area contributed by atoms with Gasteiger partial charge in [0.05, 0.1) is 4.90 Å². The Kier molecular flexibility index (Phi) is 3.06. The molecular weight excluding hydrogens is 296 g/mol. The minimum absolute atomic E-state index is 0.0399. The van der Waals surface area contributed by atoms with Gasteiger partial charge in [0.2, 0.25) is 10.0 Å². The number of sulfonamides is 1. The Morgan fingerprint density at radius 1 is 1.33 bits per heavy atom. The highest BCUT2D eigenvalue weighted by Gasteiger charge is 2.50. The van der Waals surface area contributed by atoms with Gasteiger partial charge in [0.1, 0.15) is 5.54 Å². The number of carbonyl (C=O) groups excluding carboxylic acids is 2. The van der Waals surface area contributed by atoms with Crippen LogP contribution in [0.2, 0.25) is 0 Å². The molecule has 3 amide bonds. The summed E-state index contributed by atoms with van der Waals surface area (Å²) >= 11 is 0. The van der Waals surface area contributed by atoms with E-state index in [0.717, 1.165) is 0 Å². The van der Waals surface area contributed by atoms with Crippen LogP contribution in [0.3, 0.4) is 0 Å². The number of imide groups is 1. The molecule has 0 bridgehead atoms. The van der Waals surface area contributed by atoms with Crippen molar-refractivity contribution in [1.82, 2.24) is 19.5 Å². The van der Waals surface area contributed by atoms with Crippen molar-refractivity contribution in [3.63, 3.8) is 0 Å². The fourth-order valence-electron chi connectivity index (χ4n) is 2.82. The Hall–Kier alpha value is -1.87. The second kappa shape index (κ2) is 4.57. The molecule has 2 N–H and O–H groups in total. The number of amides is 3. The van der Waals surface area contributed by atoms with E-state index in [2.05, 4.69) is 10.6 Å². The Balaban J connectivity index is 1.90. The van der Waals surface area contributed by atoms with Crippen molar-refractivity contribution in [2.45, 2.75) is 23.3 Å². The molecule has 3 heterocycles. The van der Waals surface area contributed by atoms with E-state index < -0.39 is 27.5 Å². The van der Waals surface area contributed by atoms with Gasteiger partial charge in [-0.2, -0.15) is 4.31 Å². The van der Waals surface area contributed by atoms with Crippen molar-refractivity contribution in [3.05, 3.63) is 18.5 Å². The summed E-state index contributed by atoms with van der Waals surface area (Å²) in [6, 6.07) is 0.947. The molecule has 8 nitrogen and oxygen atoms in total. The molecule has 1 unspecified atom stereocenters. The van der Waals surface area contributed by atoms with Crippen LogP contribution >= 0.6 is 0 Å². The number of hydrogen-bond donors (Lipinski definition) is 2. The molecule has 3 rings (SSSR count). The first kappa shape index (κ1) is 14.1. The highest BCUT2D eigenvalue weighted by molar-refractivity contribution is 7.89. The lowest BCUT2D eigenvalue weighted by Gasteiger charge is -2.36. The lowest BCUT2D eigenvalue weighted by molar-refractivity contribution is -0.125. The summed E-state index contributed by atoms with van der Waals surface area (Å²) in [7, 11) is -1.93. The number of rotatable bonds is 2. The van der Waals surface area contributed by atoms with E-state index in [9.17, 15) is 18.0 Å². The Bertz CT molecular complexity index is 711. The summed E-state index contributed by atoms with van der Waals surface area (Å²) in [6.07, 6.45) is 4.12. The zero-order valence-corrected chi connectivity index (χ0v) is 12.3. The molecule has 9 heteroatoms. The lowest BCUT2D eigenvalue weighted by Crippen LogP contribution is -2.59. The van der Waals surface area contributed by atoms with Gasteiger partial charge in [0.15, 0.2) is 0 Å². The van der Waals surface area contributed by atoms with Crippen LogP contribution in [-0.2, 0) is 21.9 Å². The summed E-state index contributed by atoms with van der Waals surface area (Å²) in [5.41, 5.74) is -1.14. The maximum absolute atomic E-state index is 12.6. The molecule has 114 valence electrons. The van der Waals surface area contributed by atoms with Crippen molar-refractivity contribution in [2.24, 2.45) is 7.05 Å². The molecule has 0 aliphatic carbocycles. The van der Waals surface area contributed by atoms with Crippen molar-refractivity contribution in [3.8, 4) is 0 Å². The molecule has 1 aromatic rings. The van der Waals surface area contributed by atoms with Gasteiger partial charge < -0.3 is 9.88 Å². The zero-order valence-electron chi connectivity index (χ0n) is 11.5. The standard InChI is InChI=1S/C12H16N4O4S/c1-15-6-3-9(7-15)21(19,20)16-5-2-4-12(8-16)10(17)13-11(18)14-12/h3,6-7H,2,4-5,8H2,1H3,(H2,13,14,17,18). The average molecular weight is 312 g/mol. The molecule has 1 aromatic heterocycles. The van der Waals surface area contributed by atoms with Crippen LogP contribution in [0.4, 0.5) is 4.79 Å². The van der Waals surface area contributed by atoms with Gasteiger partial charge in [-0.3, -0.25) is 10.1 Å². The SMILES string of the molecule is Cn1ccc(S(=O)(=O)N2CCCC3(C2)NC(=O)NC3=O)c1. The molecule has 21 heavy (non-hydrogen) atoms. The predicted molar refractivity (Wildman–Crippen MR) is 72.8 cm³/mol. The van der Waals surface area contributed by atoms with Crippen LogP contribution in [0, 0.1) is 0 Å². The number of piperidine rings is 1. The van der Waals surface area contributed by atoms with E-state index >= 15 is 0 Å². The summed E-state index contributed by atoms with van der Waals surface area (Å²) in [5, 5.41) is 4.75. The van der Waals surface area contributed by atoms with Crippen molar-refractivity contribution in [1.29, 1.82) is 0 Å². The first-order valence-electron chi connectivity index (χ1n) is 6.59. The van der Waals surface area contributed by atoms with Crippen LogP contribution in [-0.4, -0.2) is 47.9 Å². The van der Waals surface area contributed by atoms with Gasteiger partial charge in [-0.05, 0) is 18.9 Å². The topological polar surface area (TPSA) is 101 Å². The summed E-state index contributed by atoms with van der Waals surface area (Å²) in [6.45, 7) is 0.296. The Labute approximate surface area is 122 Å². The summed E-state index contributed by atoms with van der Waals surface area (Å²) in [5.74, 6) is -0.458. The monoisotopic (exact) mass is 312 g/mol. The van der Waals surface area contributed by atoms with E-state index in [1.807, 2.05) is 0 Å². The van der Waals surface area contributed by atoms with Gasteiger partial charge in [0.25, 0.3) is 5.91 Å². The largest absolute Gasteiger partial charge is 0.356 e. The van der Waals surface area contributed by atoms with Gasteiger partial charge in [-0.15, -0.1) is 0 Å². The molecule has 0 aromatic carbocycles. The summed E-state index contributed by atoms with van der Waals surface area (Å²) in [4.78, 5) is 23.5. The molecular formula is C12H16N4O4S. The highest BCUT2D eigenvalue weighted by atomic mass is 32.2. The zero-order chi connectivity index (χ0) is 15.3.